The fourth-order valence-corrected chi connectivity index (χ4v) is 11.7. The number of carbonyl (C=O) groups excluding carboxylic acids is 11. The van der Waals surface area contributed by atoms with Gasteiger partial charge in [0.25, 0.3) is 11.8 Å². The summed E-state index contributed by atoms with van der Waals surface area (Å²) in [6, 6.07) is 11.6. The highest BCUT2D eigenvalue weighted by molar-refractivity contribution is 6.12. The number of nitrogens with one attached hydrogen (secondary N) is 6. The third-order valence-electron chi connectivity index (χ3n) is 17.9. The number of alkyl carbamates (subject to hydrolysis) is 1. The zero-order chi connectivity index (χ0) is 67.6. The van der Waals surface area contributed by atoms with Gasteiger partial charge in [0, 0.05) is 87.6 Å². The zero-order valence-corrected chi connectivity index (χ0v) is 55.6. The molecule has 2 aliphatic rings. The number of Topliss-reactive ketones (excluding diaryl/α,β-unsaturated/α-hetero) is 2. The van der Waals surface area contributed by atoms with Gasteiger partial charge in [-0.15, -0.1) is 0 Å². The minimum absolute atomic E-state index is 0.0300. The largest absolute Gasteiger partial charge is 0.445 e. The van der Waals surface area contributed by atoms with Crippen LogP contribution in [0.25, 0.3) is 0 Å². The summed E-state index contributed by atoms with van der Waals surface area (Å²) >= 11 is 0. The van der Waals surface area contributed by atoms with Gasteiger partial charge >= 0.3 is 12.1 Å². The maximum atomic E-state index is 14.4. The number of nitrogens with zero attached hydrogens (tertiary/aromatic N) is 2. The Morgan fingerprint density at radius 3 is 1.92 bits per heavy atom. The molecule has 9 N–H and O–H groups in total. The van der Waals surface area contributed by atoms with Crippen molar-refractivity contribution in [1.82, 2.24) is 36.4 Å². The highest BCUT2D eigenvalue weighted by Crippen LogP contribution is 2.32. The topological polar surface area (TPSA) is 331 Å². The number of ketones is 2. The fraction of sp³-hybridized carbons (Fsp3) is 0.632. The van der Waals surface area contributed by atoms with Crippen LogP contribution in [0.3, 0.4) is 0 Å². The number of aliphatic hydroxyl groups is 1. The van der Waals surface area contributed by atoms with Crippen LogP contribution in [0.15, 0.2) is 66.7 Å². The summed E-state index contributed by atoms with van der Waals surface area (Å²) in [7, 11) is 1.51. The van der Waals surface area contributed by atoms with Gasteiger partial charge in [0.1, 0.15) is 6.61 Å². The number of hydrogen-bond acceptors (Lipinski definition) is 14. The molecule has 2 heterocycles. The number of anilines is 1. The van der Waals surface area contributed by atoms with Crippen molar-refractivity contribution in [2.24, 2.45) is 53.1 Å². The number of ether oxygens (including phenoxy) is 2. The van der Waals surface area contributed by atoms with Gasteiger partial charge in [0.2, 0.25) is 29.5 Å². The van der Waals surface area contributed by atoms with E-state index in [1.807, 2.05) is 76.8 Å². The Kier molecular flexibility index (Phi) is 31.5. The second-order valence-corrected chi connectivity index (χ2v) is 25.7. The maximum absolute atomic E-state index is 14.4. The first-order chi connectivity index (χ1) is 43.1. The summed E-state index contributed by atoms with van der Waals surface area (Å²) in [4.78, 5) is 148. The molecule has 91 heavy (non-hydrogen) atoms. The minimum atomic E-state index is -1.01. The summed E-state index contributed by atoms with van der Waals surface area (Å²) in [5.74, 6) is -6.50. The molecule has 23 heteroatoms. The van der Waals surface area contributed by atoms with Crippen molar-refractivity contribution >= 4 is 70.7 Å². The van der Waals surface area contributed by atoms with E-state index in [4.69, 9.17) is 15.2 Å². The average Bonchev–Trinajstić information content (AvgIpc) is 2.35. The number of likely N-dealkylation sites (tertiary alicyclic amines) is 1. The lowest BCUT2D eigenvalue weighted by atomic mass is 9.84. The summed E-state index contributed by atoms with van der Waals surface area (Å²) in [5, 5.41) is 27.9. The van der Waals surface area contributed by atoms with E-state index >= 15 is 0 Å². The number of nitrogens with two attached hydrogens (primary N) is 1. The van der Waals surface area contributed by atoms with E-state index in [2.05, 4.69) is 31.9 Å². The normalized spacial score (nSPS) is 17.6. The Morgan fingerprint density at radius 1 is 0.703 bits per heavy atom. The lowest BCUT2D eigenvalue weighted by Gasteiger charge is -2.36. The van der Waals surface area contributed by atoms with Crippen LogP contribution in [-0.2, 0) is 59.2 Å². The molecule has 2 aromatic rings. The van der Waals surface area contributed by atoms with Gasteiger partial charge in [-0.1, -0.05) is 125 Å². The van der Waals surface area contributed by atoms with Crippen LogP contribution < -0.4 is 37.6 Å². The Bertz CT molecular complexity index is 2780. The maximum Gasteiger partial charge on any atom is 0.408 e. The molecule has 0 saturated carbocycles. The van der Waals surface area contributed by atoms with Crippen molar-refractivity contribution in [2.75, 3.05) is 32.1 Å². The Balaban J connectivity index is 1.32. The number of urea groups is 1. The number of rotatable bonds is 39. The lowest BCUT2D eigenvalue weighted by molar-refractivity contribution is -0.139. The van der Waals surface area contributed by atoms with Crippen molar-refractivity contribution in [3.05, 3.63) is 77.9 Å². The predicted octanol–water partition coefficient (Wildman–Crippen LogP) is 7.19. The number of unbranched alkanes of at least 4 members (excludes halogenated alkanes) is 2. The molecule has 23 nitrogen and oxygen atoms in total. The Labute approximate surface area is 537 Å². The van der Waals surface area contributed by atoms with Gasteiger partial charge in [0.05, 0.1) is 42.8 Å². The molecule has 4 rings (SSSR count). The van der Waals surface area contributed by atoms with Gasteiger partial charge in [0.15, 0.2) is 11.6 Å². The first kappa shape index (κ1) is 75.9. The molecule has 0 spiro atoms. The van der Waals surface area contributed by atoms with Gasteiger partial charge in [-0.3, -0.25) is 48.1 Å². The van der Waals surface area contributed by atoms with Crippen LogP contribution >= 0.6 is 0 Å². The molecule has 1 saturated heterocycles. The SMILES string of the molecule is CC[C@H](C)[C@H](NC(=O)C(CC(=O)[C@@H](NC(=O)OCc1ccc(NC(=O)C(CCCNC(N)=O)CC(=O)[C@@H](NC(=O)CCCCCN2C(=O)C=CC2=O)C(C)C)cc1)C(C)C)C(C)C)[C@@H](CC(=O)N1CCC[C@H]1[C@H](C)[C@@H](C)C(=O)N[C@H](C)[C@@H](O)c1ccccc1)OC. The van der Waals surface area contributed by atoms with E-state index in [0.717, 1.165) is 11.3 Å². The highest BCUT2D eigenvalue weighted by Gasteiger charge is 2.41. The summed E-state index contributed by atoms with van der Waals surface area (Å²) in [6.07, 6.45) is 3.86. The summed E-state index contributed by atoms with van der Waals surface area (Å²) < 4.78 is 11.6. The Morgan fingerprint density at radius 2 is 1.33 bits per heavy atom. The standard InChI is InChI=1S/C68H103N9O14/c1-13-43(8)62(55(90-12)38-59(83)76-35-21-25-52(76)44(9)45(10)64(85)71-46(11)63(84)48-22-16-14-17-23-48)74-66(87)51(40(2)3)37-54(79)61(42(6)7)75-68(89)91-39-47-27-29-50(30-28-47)72-65(86)49(24-20-33-70-67(69)88)36-53(78)60(41(4)5)73-56(80)26-18-15-19-34-77-57(81)31-32-58(77)82/h14,16-17,22-23,27-32,40-46,49,51-52,55,60-63,84H,13,15,18-21,24-26,33-39H2,1-12H3,(H,71,85)(H,72,86)(H,73,80)(H,74,87)(H,75,89)(H3,69,70,88)/t43-,44+,45+,46+,49?,51?,52-,55+,60-,61-,62-,63+/m0/s1. The van der Waals surface area contributed by atoms with Crippen LogP contribution in [0.5, 0.6) is 0 Å². The van der Waals surface area contributed by atoms with Crippen LogP contribution in [-0.4, -0.2) is 143 Å². The van der Waals surface area contributed by atoms with Crippen molar-refractivity contribution in [1.29, 1.82) is 0 Å². The van der Waals surface area contributed by atoms with Gasteiger partial charge < -0.3 is 57.1 Å². The van der Waals surface area contributed by atoms with E-state index < -0.39 is 72.2 Å². The zero-order valence-electron chi connectivity index (χ0n) is 55.6. The van der Waals surface area contributed by atoms with Gasteiger partial charge in [-0.05, 0) is 98.3 Å². The molecule has 0 radical (unpaired) electrons. The molecule has 0 aromatic heterocycles. The Hall–Kier alpha value is -7.53. The smallest absolute Gasteiger partial charge is 0.408 e. The van der Waals surface area contributed by atoms with Gasteiger partial charge in [-0.2, -0.15) is 0 Å². The third-order valence-corrected chi connectivity index (χ3v) is 17.9. The quantitative estimate of drug-likeness (QED) is 0.0243. The first-order valence-corrected chi connectivity index (χ1v) is 32.5. The van der Waals surface area contributed by atoms with Crippen LogP contribution in [0.2, 0.25) is 0 Å². The lowest BCUT2D eigenvalue weighted by Crippen LogP contribution is -2.53. The van der Waals surface area contributed by atoms with Crippen LogP contribution in [0.1, 0.15) is 170 Å². The molecular weight excluding hydrogens is 1170 g/mol. The van der Waals surface area contributed by atoms with Gasteiger partial charge in [-0.25, -0.2) is 9.59 Å². The molecule has 504 valence electrons. The molecule has 2 unspecified atom stereocenters. The molecule has 2 aromatic carbocycles. The number of methoxy groups -OCH3 is 1. The molecule has 0 aliphatic carbocycles. The van der Waals surface area contributed by atoms with Crippen molar-refractivity contribution in [3.63, 3.8) is 0 Å². The van der Waals surface area contributed by atoms with E-state index in [1.54, 1.807) is 58.9 Å². The predicted molar refractivity (Wildman–Crippen MR) is 345 cm³/mol. The summed E-state index contributed by atoms with van der Waals surface area (Å²) in [6.45, 7) is 21.1. The average molecular weight is 1270 g/mol. The van der Waals surface area contributed by atoms with E-state index in [1.165, 1.54) is 19.3 Å². The van der Waals surface area contributed by atoms with Crippen LogP contribution in [0.4, 0.5) is 15.3 Å². The van der Waals surface area contributed by atoms with E-state index in [9.17, 15) is 57.8 Å². The van der Waals surface area contributed by atoms with Crippen molar-refractivity contribution < 1.29 is 67.3 Å². The third kappa shape index (κ3) is 23.9. The number of imide groups is 1. The second kappa shape index (κ2) is 37.7. The molecule has 0 bridgehead atoms. The number of primary amides is 1. The number of benzene rings is 2. The van der Waals surface area contributed by atoms with E-state index in [-0.39, 0.29) is 134 Å². The van der Waals surface area contributed by atoms with Crippen LogP contribution in [0, 0.1) is 47.3 Å². The minimum Gasteiger partial charge on any atom is -0.445 e. The number of hydrogen-bond donors (Lipinski definition) is 8. The highest BCUT2D eigenvalue weighted by atomic mass is 16.5. The molecule has 1 fully saturated rings. The monoisotopic (exact) mass is 1270 g/mol. The van der Waals surface area contributed by atoms with Crippen molar-refractivity contribution in [2.45, 2.75) is 202 Å². The number of aliphatic hydroxyl groups excluding tert-OH is 1. The number of carbonyl (C=O) groups is 11. The molecule has 2 aliphatic heterocycles. The fourth-order valence-electron chi connectivity index (χ4n) is 11.7. The summed E-state index contributed by atoms with van der Waals surface area (Å²) in [5.41, 5.74) is 6.88. The van der Waals surface area contributed by atoms with Crippen molar-refractivity contribution in [3.8, 4) is 0 Å². The molecule has 12 atom stereocenters. The molecular formula is C68H103N9O14. The van der Waals surface area contributed by atoms with E-state index in [0.29, 0.717) is 61.9 Å². The second-order valence-electron chi connectivity index (χ2n) is 25.7. The molecule has 10 amide bonds. The number of amides is 10. The first-order valence-electron chi connectivity index (χ1n) is 32.5.